The lowest BCUT2D eigenvalue weighted by molar-refractivity contribution is 0.403. The molecule has 3 rings (SSSR count). The fourth-order valence-electron chi connectivity index (χ4n) is 2.31. The molecule has 3 aromatic rings. The first-order valence-electron chi connectivity index (χ1n) is 7.17. The van der Waals surface area contributed by atoms with Crippen molar-refractivity contribution in [2.45, 2.75) is 0 Å². The Hall–Kier alpha value is -3.54. The van der Waals surface area contributed by atoms with Crippen molar-refractivity contribution in [1.82, 2.24) is 5.43 Å². The monoisotopic (exact) mass is 321 g/mol. The van der Waals surface area contributed by atoms with Gasteiger partial charge >= 0.3 is 0 Å². The minimum absolute atomic E-state index is 0.0263. The van der Waals surface area contributed by atoms with Gasteiger partial charge in [-0.05, 0) is 35.0 Å². The number of aromatic hydroxyl groups is 3. The average molecular weight is 321 g/mol. The molecular formula is C18H15N3O3. The van der Waals surface area contributed by atoms with Gasteiger partial charge in [-0.1, -0.05) is 30.3 Å². The number of para-hydroxylation sites is 1. The number of amidine groups is 1. The fourth-order valence-corrected chi connectivity index (χ4v) is 2.31. The highest BCUT2D eigenvalue weighted by Gasteiger charge is 2.09. The van der Waals surface area contributed by atoms with Gasteiger partial charge in [0, 0.05) is 5.56 Å². The first kappa shape index (κ1) is 15.4. The average Bonchev–Trinajstić information content (AvgIpc) is 2.58. The van der Waals surface area contributed by atoms with E-state index >= 15 is 0 Å². The van der Waals surface area contributed by atoms with E-state index in [1.807, 2.05) is 24.3 Å². The van der Waals surface area contributed by atoms with Crippen molar-refractivity contribution in [3.05, 3.63) is 65.7 Å². The van der Waals surface area contributed by atoms with Crippen molar-refractivity contribution in [1.29, 1.82) is 5.41 Å². The Morgan fingerprint density at radius 3 is 2.38 bits per heavy atom. The number of rotatable bonds is 3. The van der Waals surface area contributed by atoms with Gasteiger partial charge < -0.3 is 15.3 Å². The van der Waals surface area contributed by atoms with Gasteiger partial charge in [-0.2, -0.15) is 5.10 Å². The van der Waals surface area contributed by atoms with Gasteiger partial charge in [-0.3, -0.25) is 10.8 Å². The lowest BCUT2D eigenvalue weighted by Gasteiger charge is -2.08. The van der Waals surface area contributed by atoms with Crippen molar-refractivity contribution >= 4 is 22.8 Å². The molecule has 0 amide bonds. The summed E-state index contributed by atoms with van der Waals surface area (Å²) >= 11 is 0. The van der Waals surface area contributed by atoms with Crippen molar-refractivity contribution in [3.8, 4) is 17.2 Å². The Balaban J connectivity index is 1.81. The van der Waals surface area contributed by atoms with Crippen molar-refractivity contribution in [2.75, 3.05) is 0 Å². The number of phenols is 3. The van der Waals surface area contributed by atoms with E-state index in [0.717, 1.165) is 10.8 Å². The van der Waals surface area contributed by atoms with Crippen LogP contribution < -0.4 is 5.43 Å². The molecule has 0 radical (unpaired) electrons. The first-order chi connectivity index (χ1) is 11.6. The van der Waals surface area contributed by atoms with Crippen molar-refractivity contribution < 1.29 is 15.3 Å². The van der Waals surface area contributed by atoms with Crippen molar-refractivity contribution in [2.24, 2.45) is 5.10 Å². The van der Waals surface area contributed by atoms with Crippen LogP contribution in [-0.2, 0) is 0 Å². The van der Waals surface area contributed by atoms with Gasteiger partial charge in [0.15, 0.2) is 11.5 Å². The van der Waals surface area contributed by atoms with Crippen LogP contribution in [0.15, 0.2) is 59.7 Å². The van der Waals surface area contributed by atoms with E-state index in [1.54, 1.807) is 24.3 Å². The van der Waals surface area contributed by atoms with Crippen molar-refractivity contribution in [3.63, 3.8) is 0 Å². The van der Waals surface area contributed by atoms with Gasteiger partial charge in [-0.25, -0.2) is 0 Å². The summed E-state index contributed by atoms with van der Waals surface area (Å²) in [4.78, 5) is 0. The molecule has 6 heteroatoms. The quantitative estimate of drug-likeness (QED) is 0.221. The van der Waals surface area contributed by atoms with Gasteiger partial charge in [0.25, 0.3) is 0 Å². The number of hydrogen-bond donors (Lipinski definition) is 5. The summed E-state index contributed by atoms with van der Waals surface area (Å²) in [5, 5.41) is 42.8. The van der Waals surface area contributed by atoms with Crippen LogP contribution in [0.2, 0.25) is 0 Å². The maximum absolute atomic E-state index is 10.1. The summed E-state index contributed by atoms with van der Waals surface area (Å²) in [6.45, 7) is 0. The topological polar surface area (TPSA) is 109 Å². The molecule has 0 aliphatic rings. The molecule has 0 unspecified atom stereocenters. The molecule has 0 aromatic heterocycles. The summed E-state index contributed by atoms with van der Waals surface area (Å²) in [6.07, 6.45) is 1.28. The zero-order chi connectivity index (χ0) is 17.1. The summed E-state index contributed by atoms with van der Waals surface area (Å²) in [5.41, 5.74) is 3.11. The van der Waals surface area contributed by atoms with E-state index in [1.165, 1.54) is 12.3 Å². The van der Waals surface area contributed by atoms with E-state index in [9.17, 15) is 15.3 Å². The summed E-state index contributed by atoms with van der Waals surface area (Å²) in [5.74, 6) is -0.653. The predicted octanol–water partition coefficient (Wildman–Crippen LogP) is 2.91. The van der Waals surface area contributed by atoms with Gasteiger partial charge in [-0.15, -0.1) is 0 Å². The summed E-state index contributed by atoms with van der Waals surface area (Å²) in [6, 6.07) is 15.3. The Morgan fingerprint density at radius 2 is 1.62 bits per heavy atom. The third kappa shape index (κ3) is 2.98. The van der Waals surface area contributed by atoms with E-state index < -0.39 is 0 Å². The number of nitrogens with one attached hydrogen (secondary N) is 2. The zero-order valence-corrected chi connectivity index (χ0v) is 12.6. The summed E-state index contributed by atoms with van der Waals surface area (Å²) in [7, 11) is 0. The Morgan fingerprint density at radius 1 is 0.917 bits per heavy atom. The molecule has 6 nitrogen and oxygen atoms in total. The molecular weight excluding hydrogens is 306 g/mol. The minimum Gasteiger partial charge on any atom is -0.507 e. The van der Waals surface area contributed by atoms with Crippen LogP contribution in [0.1, 0.15) is 11.1 Å². The van der Waals surface area contributed by atoms with E-state index in [2.05, 4.69) is 10.5 Å². The van der Waals surface area contributed by atoms with Crippen LogP contribution in [0, 0.1) is 5.41 Å². The predicted molar refractivity (Wildman–Crippen MR) is 92.9 cm³/mol. The molecule has 0 fully saturated rings. The second-order valence-corrected chi connectivity index (χ2v) is 5.18. The summed E-state index contributed by atoms with van der Waals surface area (Å²) < 4.78 is 0. The standard InChI is InChI=1S/C18H15N3O3/c19-18(21-20-10-13-6-3-7-15(22)17(13)24)14-8-11-4-1-2-5-12(11)9-16(14)23/h1-10,22-24H,(H2,19,21)/b20-10+. The van der Waals surface area contributed by atoms with Crippen LogP contribution in [0.4, 0.5) is 0 Å². The normalized spacial score (nSPS) is 11.0. The Labute approximate surface area is 137 Å². The van der Waals surface area contributed by atoms with Crippen LogP contribution in [-0.4, -0.2) is 27.4 Å². The van der Waals surface area contributed by atoms with Crippen LogP contribution in [0.3, 0.4) is 0 Å². The third-order valence-electron chi connectivity index (χ3n) is 3.56. The smallest absolute Gasteiger partial charge is 0.166 e. The molecule has 24 heavy (non-hydrogen) atoms. The molecule has 120 valence electrons. The molecule has 3 aromatic carbocycles. The maximum Gasteiger partial charge on any atom is 0.166 e. The molecule has 0 saturated heterocycles. The molecule has 0 heterocycles. The minimum atomic E-state index is -0.289. The Bertz CT molecular complexity index is 951. The first-order valence-corrected chi connectivity index (χ1v) is 7.17. The number of nitrogens with zero attached hydrogens (tertiary/aromatic N) is 1. The molecule has 5 N–H and O–H groups in total. The molecule has 0 aliphatic heterocycles. The fraction of sp³-hybridized carbons (Fsp3) is 0. The van der Waals surface area contributed by atoms with E-state index in [-0.39, 0.29) is 23.1 Å². The second kappa shape index (κ2) is 6.29. The SMILES string of the molecule is N=C(N/N=C/c1cccc(O)c1O)c1cc2ccccc2cc1O. The van der Waals surface area contributed by atoms with Gasteiger partial charge in [0.2, 0.25) is 0 Å². The molecule has 0 bridgehead atoms. The zero-order valence-electron chi connectivity index (χ0n) is 12.6. The highest BCUT2D eigenvalue weighted by molar-refractivity contribution is 6.03. The largest absolute Gasteiger partial charge is 0.507 e. The number of phenolic OH excluding ortho intramolecular Hbond substituents is 3. The number of hydrogen-bond acceptors (Lipinski definition) is 5. The highest BCUT2D eigenvalue weighted by atomic mass is 16.3. The third-order valence-corrected chi connectivity index (χ3v) is 3.56. The molecule has 0 saturated carbocycles. The molecule has 0 atom stereocenters. The number of hydrazone groups is 1. The lowest BCUT2D eigenvalue weighted by atomic mass is 10.1. The lowest BCUT2D eigenvalue weighted by Crippen LogP contribution is -2.17. The van der Waals surface area contributed by atoms with E-state index in [4.69, 9.17) is 5.41 Å². The number of benzene rings is 3. The molecule has 0 spiro atoms. The van der Waals surface area contributed by atoms with Crippen LogP contribution in [0.5, 0.6) is 17.2 Å². The van der Waals surface area contributed by atoms with Crippen LogP contribution >= 0.6 is 0 Å². The Kier molecular flexibility index (Phi) is 4.03. The number of fused-ring (bicyclic) bond motifs is 1. The highest BCUT2D eigenvalue weighted by Crippen LogP contribution is 2.27. The van der Waals surface area contributed by atoms with Crippen LogP contribution in [0.25, 0.3) is 10.8 Å². The molecule has 0 aliphatic carbocycles. The maximum atomic E-state index is 10.1. The van der Waals surface area contributed by atoms with E-state index in [0.29, 0.717) is 11.1 Å². The second-order valence-electron chi connectivity index (χ2n) is 5.18. The van der Waals surface area contributed by atoms with Gasteiger partial charge in [0.1, 0.15) is 11.6 Å². The van der Waals surface area contributed by atoms with Gasteiger partial charge in [0.05, 0.1) is 11.8 Å².